The number of thiazole rings is 1. The number of aromatic nitrogens is 4. The van der Waals surface area contributed by atoms with E-state index in [1.165, 1.54) is 31.6 Å². The van der Waals surface area contributed by atoms with Crippen molar-refractivity contribution >= 4 is 34.0 Å². The second kappa shape index (κ2) is 11.5. The fourth-order valence-electron chi connectivity index (χ4n) is 4.73. The van der Waals surface area contributed by atoms with Crippen LogP contribution >= 0.6 is 11.3 Å². The predicted octanol–water partition coefficient (Wildman–Crippen LogP) is 3.94. The van der Waals surface area contributed by atoms with Gasteiger partial charge in [0, 0.05) is 38.7 Å². The van der Waals surface area contributed by atoms with E-state index in [-0.39, 0.29) is 35.0 Å². The smallest absolute Gasteiger partial charge is 0.246 e. The van der Waals surface area contributed by atoms with Gasteiger partial charge in [0.25, 0.3) is 0 Å². The number of hydrogen-bond acceptors (Lipinski definition) is 9. The molecule has 4 heterocycles. The van der Waals surface area contributed by atoms with E-state index in [0.29, 0.717) is 47.6 Å². The van der Waals surface area contributed by atoms with Crippen molar-refractivity contribution in [2.75, 3.05) is 40.2 Å². The third kappa shape index (κ3) is 5.07. The molecule has 41 heavy (non-hydrogen) atoms. The fourth-order valence-corrected chi connectivity index (χ4v) is 5.63. The fraction of sp³-hybridized carbons (Fsp3) is 0.286. The van der Waals surface area contributed by atoms with Crippen molar-refractivity contribution in [2.45, 2.75) is 19.1 Å². The number of methoxy groups -OCH3 is 3. The number of amides is 1. The molecule has 1 unspecified atom stereocenters. The Morgan fingerprint density at radius 1 is 1.20 bits per heavy atom. The molecule has 3 aromatic heterocycles. The van der Waals surface area contributed by atoms with Gasteiger partial charge in [-0.15, -0.1) is 11.3 Å². The molecule has 0 radical (unpaired) electrons. The Morgan fingerprint density at radius 2 is 1.93 bits per heavy atom. The molecule has 4 aromatic rings. The summed E-state index contributed by atoms with van der Waals surface area (Å²) in [6.45, 7) is 4.85. The second-order valence-electron chi connectivity index (χ2n) is 9.10. The minimum atomic E-state index is -0.975. The van der Waals surface area contributed by atoms with E-state index in [4.69, 9.17) is 25.0 Å². The molecule has 1 aliphatic rings. The van der Waals surface area contributed by atoms with E-state index in [0.717, 1.165) is 10.9 Å². The number of ether oxygens (including phenoxy) is 3. The summed E-state index contributed by atoms with van der Waals surface area (Å²) in [5.74, 6) is 2.91. The first-order valence-corrected chi connectivity index (χ1v) is 13.3. The van der Waals surface area contributed by atoms with Crippen LogP contribution < -0.4 is 15.2 Å². The van der Waals surface area contributed by atoms with Crippen LogP contribution in [0.3, 0.4) is 0 Å². The van der Waals surface area contributed by atoms with Crippen molar-refractivity contribution in [3.63, 3.8) is 0 Å². The lowest BCUT2D eigenvalue weighted by atomic mass is 10.1. The molecule has 5 rings (SSSR count). The van der Waals surface area contributed by atoms with Crippen molar-refractivity contribution in [1.82, 2.24) is 24.6 Å². The van der Waals surface area contributed by atoms with Crippen molar-refractivity contribution in [3.8, 4) is 33.9 Å². The number of fused-ring (bicyclic) bond motifs is 1. The minimum absolute atomic E-state index is 0.133. The van der Waals surface area contributed by atoms with Gasteiger partial charge < -0.3 is 24.8 Å². The van der Waals surface area contributed by atoms with E-state index >= 15 is 8.78 Å². The Hall–Kier alpha value is -4.54. The monoisotopic (exact) mass is 580 g/mol. The molecule has 0 spiro atoms. The van der Waals surface area contributed by atoms with E-state index < -0.39 is 17.2 Å². The molecule has 10 nitrogen and oxygen atoms in total. The quantitative estimate of drug-likeness (QED) is 0.258. The number of pyridine rings is 1. The summed E-state index contributed by atoms with van der Waals surface area (Å²) in [4.78, 5) is 23.8. The Kier molecular flexibility index (Phi) is 7.87. The van der Waals surface area contributed by atoms with Gasteiger partial charge in [-0.25, -0.2) is 18.7 Å². The Balaban J connectivity index is 1.72. The molecule has 1 amide bonds. The summed E-state index contributed by atoms with van der Waals surface area (Å²) in [6.07, 6.45) is 5.20. The van der Waals surface area contributed by atoms with Gasteiger partial charge in [0.1, 0.15) is 22.1 Å². The highest BCUT2D eigenvalue weighted by Gasteiger charge is 2.31. The number of nitrogens with two attached hydrogens (primary N) is 1. The van der Waals surface area contributed by atoms with Crippen LogP contribution in [0.5, 0.6) is 11.5 Å². The van der Waals surface area contributed by atoms with Gasteiger partial charge in [-0.3, -0.25) is 9.48 Å². The maximum Gasteiger partial charge on any atom is 0.246 e. The summed E-state index contributed by atoms with van der Waals surface area (Å²) < 4.78 is 47.1. The van der Waals surface area contributed by atoms with Gasteiger partial charge >= 0.3 is 0 Å². The van der Waals surface area contributed by atoms with Crippen LogP contribution in [0.1, 0.15) is 28.6 Å². The summed E-state index contributed by atoms with van der Waals surface area (Å²) in [6, 6.07) is 0.873. The highest BCUT2D eigenvalue weighted by molar-refractivity contribution is 7.15. The van der Waals surface area contributed by atoms with E-state index in [2.05, 4.69) is 28.4 Å². The molecule has 212 valence electrons. The van der Waals surface area contributed by atoms with Crippen molar-refractivity contribution in [3.05, 3.63) is 58.9 Å². The number of likely N-dealkylation sites (tertiary alicyclic amines) is 1. The first-order valence-electron chi connectivity index (χ1n) is 12.4. The van der Waals surface area contributed by atoms with Crippen molar-refractivity contribution < 1.29 is 27.8 Å². The topological polar surface area (TPSA) is 118 Å². The lowest BCUT2D eigenvalue weighted by molar-refractivity contribution is -0.125. The molecular formula is C28H26F2N6O4S. The van der Waals surface area contributed by atoms with Gasteiger partial charge in [0.15, 0.2) is 23.1 Å². The van der Waals surface area contributed by atoms with Crippen LogP contribution in [0.2, 0.25) is 0 Å². The predicted molar refractivity (Wildman–Crippen MR) is 150 cm³/mol. The lowest BCUT2D eigenvalue weighted by Crippen LogP contribution is -2.27. The number of benzene rings is 1. The van der Waals surface area contributed by atoms with Crippen LogP contribution in [-0.2, 0) is 16.1 Å². The third-order valence-electron chi connectivity index (χ3n) is 6.70. The molecule has 2 N–H and O–H groups in total. The Morgan fingerprint density at radius 3 is 2.59 bits per heavy atom. The van der Waals surface area contributed by atoms with Crippen LogP contribution in [0.4, 0.5) is 14.6 Å². The van der Waals surface area contributed by atoms with Gasteiger partial charge in [0.05, 0.1) is 48.2 Å². The van der Waals surface area contributed by atoms with Gasteiger partial charge in [-0.2, -0.15) is 5.10 Å². The summed E-state index contributed by atoms with van der Waals surface area (Å²) >= 11 is 1.42. The molecule has 1 saturated heterocycles. The molecular weight excluding hydrogens is 554 g/mol. The molecule has 13 heteroatoms. The van der Waals surface area contributed by atoms with Gasteiger partial charge in [-0.1, -0.05) is 12.5 Å². The zero-order chi connectivity index (χ0) is 29.3. The zero-order valence-electron chi connectivity index (χ0n) is 22.5. The normalized spacial score (nSPS) is 14.7. The molecule has 1 aliphatic heterocycles. The SMILES string of the molecule is C=CC(=O)N1CCC(n2nc(C#Cc3c(F)c(OC)cc(OC)c3F)c3c(N)ncc(-c4ncc(COC)s4)c32)C1. The largest absolute Gasteiger partial charge is 0.493 e. The molecule has 0 aliphatic carbocycles. The lowest BCUT2D eigenvalue weighted by Gasteiger charge is -2.16. The average molecular weight is 581 g/mol. The molecule has 0 bridgehead atoms. The number of hydrogen-bond donors (Lipinski definition) is 1. The molecule has 1 fully saturated rings. The number of halogens is 2. The average Bonchev–Trinajstić information content (AvgIpc) is 3.73. The van der Waals surface area contributed by atoms with Crippen LogP contribution in [-0.4, -0.2) is 65.0 Å². The van der Waals surface area contributed by atoms with Crippen LogP contribution in [0.15, 0.2) is 31.1 Å². The van der Waals surface area contributed by atoms with E-state index in [1.807, 2.05) is 0 Å². The van der Waals surface area contributed by atoms with Gasteiger partial charge in [-0.05, 0) is 18.4 Å². The molecule has 0 saturated carbocycles. The summed E-state index contributed by atoms with van der Waals surface area (Å²) in [7, 11) is 4.12. The molecule has 1 atom stereocenters. The first-order chi connectivity index (χ1) is 19.8. The van der Waals surface area contributed by atoms with Crippen molar-refractivity contribution in [2.24, 2.45) is 0 Å². The second-order valence-corrected chi connectivity index (χ2v) is 10.2. The van der Waals surface area contributed by atoms with Crippen molar-refractivity contribution in [1.29, 1.82) is 0 Å². The van der Waals surface area contributed by atoms with E-state index in [9.17, 15) is 4.79 Å². The Bertz CT molecular complexity index is 1700. The third-order valence-corrected chi connectivity index (χ3v) is 7.70. The number of nitrogen functional groups attached to an aromatic ring is 1. The minimum Gasteiger partial charge on any atom is -0.493 e. The zero-order valence-corrected chi connectivity index (χ0v) is 23.3. The Labute approximate surface area is 238 Å². The van der Waals surface area contributed by atoms with E-state index in [1.54, 1.807) is 29.1 Å². The number of carbonyl (C=O) groups excluding carboxylic acids is 1. The first kappa shape index (κ1) is 28.0. The number of anilines is 1. The van der Waals surface area contributed by atoms with Crippen LogP contribution in [0, 0.1) is 23.5 Å². The highest BCUT2D eigenvalue weighted by atomic mass is 32.1. The maximum absolute atomic E-state index is 15.1. The standard InChI is InChI=1S/C28H26F2N6O4S/c1-5-22(37)35-9-8-15(13-35)36-26-18(28-33-11-16(41-28)14-38-2)12-32-27(31)23(26)19(34-36)7-6-17-24(29)20(39-3)10-21(40-4)25(17)30/h5,10-12,15H,1,8-9,13-14H2,2-4H3,(H2,31,32). The van der Waals surface area contributed by atoms with Gasteiger partial charge in [0.2, 0.25) is 5.91 Å². The highest BCUT2D eigenvalue weighted by Crippen LogP contribution is 2.38. The number of rotatable bonds is 7. The summed E-state index contributed by atoms with van der Waals surface area (Å²) in [5.41, 5.74) is 7.22. The van der Waals surface area contributed by atoms with Crippen LogP contribution in [0.25, 0.3) is 21.5 Å². The number of carbonyl (C=O) groups is 1. The summed E-state index contributed by atoms with van der Waals surface area (Å²) in [5, 5.41) is 5.80. The number of nitrogens with zero attached hydrogens (tertiary/aromatic N) is 5. The molecule has 1 aromatic carbocycles. The maximum atomic E-state index is 15.1.